The molecule has 0 aromatic heterocycles. The van der Waals surface area contributed by atoms with Crippen molar-refractivity contribution in [2.24, 2.45) is 0 Å². The summed E-state index contributed by atoms with van der Waals surface area (Å²) in [6.07, 6.45) is 0. The molecular formula is C31H39N3O7S. The molecule has 0 unspecified atom stereocenters. The third-order valence-electron chi connectivity index (χ3n) is 6.72. The number of methoxy groups -OCH3 is 3. The largest absolute Gasteiger partial charge is 0.497 e. The fraction of sp³-hybridized carbons (Fsp3) is 0.355. The van der Waals surface area contributed by atoms with Crippen molar-refractivity contribution in [1.82, 2.24) is 10.2 Å². The molecule has 2 amide bonds. The second kappa shape index (κ2) is 14.1. The van der Waals surface area contributed by atoms with Gasteiger partial charge in [-0.2, -0.15) is 0 Å². The maximum atomic E-state index is 14.2. The van der Waals surface area contributed by atoms with Crippen LogP contribution in [0, 0.1) is 13.8 Å². The lowest BCUT2D eigenvalue weighted by molar-refractivity contribution is -0.139. The molecule has 3 aromatic rings. The van der Waals surface area contributed by atoms with Gasteiger partial charge in [0.1, 0.15) is 18.3 Å². The number of hydrogen-bond acceptors (Lipinski definition) is 7. The maximum Gasteiger partial charge on any atom is 0.264 e. The summed E-state index contributed by atoms with van der Waals surface area (Å²) >= 11 is 0. The SMILES string of the molecule is CCNC(=O)[C@@H](C)N(Cc1cccc(OC)c1)C(=O)CN(c1cc(C)cc(C)c1)S(=O)(=O)c1ccc(OC)c(OC)c1. The van der Waals surface area contributed by atoms with Gasteiger partial charge in [-0.15, -0.1) is 0 Å². The van der Waals surface area contributed by atoms with E-state index in [0.717, 1.165) is 21.0 Å². The fourth-order valence-electron chi connectivity index (χ4n) is 4.60. The molecule has 0 radical (unpaired) electrons. The minimum absolute atomic E-state index is 0.0609. The van der Waals surface area contributed by atoms with Gasteiger partial charge in [0.2, 0.25) is 11.8 Å². The molecule has 0 saturated heterocycles. The minimum Gasteiger partial charge on any atom is -0.497 e. The number of ether oxygens (including phenoxy) is 3. The monoisotopic (exact) mass is 597 g/mol. The number of sulfonamides is 1. The molecule has 0 saturated carbocycles. The van der Waals surface area contributed by atoms with Crippen LogP contribution in [0.1, 0.15) is 30.5 Å². The summed E-state index contributed by atoms with van der Waals surface area (Å²) in [5.74, 6) is 0.285. The number of hydrogen-bond donors (Lipinski definition) is 1. The van der Waals surface area contributed by atoms with Gasteiger partial charge in [0.15, 0.2) is 11.5 Å². The molecule has 0 fully saturated rings. The number of aryl methyl sites for hydroxylation is 2. The second-order valence-electron chi connectivity index (χ2n) is 9.82. The van der Waals surface area contributed by atoms with Gasteiger partial charge in [0, 0.05) is 19.2 Å². The van der Waals surface area contributed by atoms with Gasteiger partial charge in [0.25, 0.3) is 10.0 Å². The molecule has 0 bridgehead atoms. The average molecular weight is 598 g/mol. The molecule has 0 heterocycles. The summed E-state index contributed by atoms with van der Waals surface area (Å²) in [5, 5.41) is 2.75. The standard InChI is InChI=1S/C31H39N3O7S/c1-8-32-31(36)23(4)33(19-24-10-9-11-26(17-24)39-5)30(35)20-34(25-15-21(2)14-22(3)16-25)42(37,38)27-12-13-28(40-6)29(18-27)41-7/h9-18,23H,8,19-20H2,1-7H3,(H,32,36)/t23-/m1/s1. The Bertz CT molecular complexity index is 1500. The van der Waals surface area contributed by atoms with Crippen LogP contribution in [0.3, 0.4) is 0 Å². The van der Waals surface area contributed by atoms with Gasteiger partial charge in [0.05, 0.1) is 31.9 Å². The zero-order valence-electron chi connectivity index (χ0n) is 25.1. The zero-order valence-corrected chi connectivity index (χ0v) is 25.9. The van der Waals surface area contributed by atoms with E-state index in [1.807, 2.05) is 26.0 Å². The number of benzene rings is 3. The molecule has 3 aromatic carbocycles. The van der Waals surface area contributed by atoms with Crippen LogP contribution in [0.4, 0.5) is 5.69 Å². The molecule has 1 atom stereocenters. The Hall–Kier alpha value is -4.25. The maximum absolute atomic E-state index is 14.2. The van der Waals surface area contributed by atoms with Crippen LogP contribution in [-0.2, 0) is 26.2 Å². The highest BCUT2D eigenvalue weighted by molar-refractivity contribution is 7.92. The summed E-state index contributed by atoms with van der Waals surface area (Å²) in [7, 11) is 0.131. The van der Waals surface area contributed by atoms with Crippen molar-refractivity contribution in [3.63, 3.8) is 0 Å². The van der Waals surface area contributed by atoms with Crippen molar-refractivity contribution in [3.8, 4) is 17.2 Å². The summed E-state index contributed by atoms with van der Waals surface area (Å²) in [5.41, 5.74) is 2.70. The van der Waals surface area contributed by atoms with Crippen molar-refractivity contribution in [2.45, 2.75) is 45.2 Å². The molecule has 0 aliphatic carbocycles. The molecular weight excluding hydrogens is 558 g/mol. The van der Waals surface area contributed by atoms with E-state index >= 15 is 0 Å². The number of nitrogens with zero attached hydrogens (tertiary/aromatic N) is 2. The van der Waals surface area contributed by atoms with Crippen molar-refractivity contribution in [1.29, 1.82) is 0 Å². The lowest BCUT2D eigenvalue weighted by Gasteiger charge is -2.32. The van der Waals surface area contributed by atoms with Crippen LogP contribution in [0.5, 0.6) is 17.2 Å². The van der Waals surface area contributed by atoms with Gasteiger partial charge < -0.3 is 24.4 Å². The smallest absolute Gasteiger partial charge is 0.264 e. The Morgan fingerprint density at radius 2 is 1.55 bits per heavy atom. The van der Waals surface area contributed by atoms with E-state index in [1.54, 1.807) is 51.3 Å². The second-order valence-corrected chi connectivity index (χ2v) is 11.7. The predicted octanol–water partition coefficient (Wildman–Crippen LogP) is 4.08. The Kier molecular flexibility index (Phi) is 10.8. The summed E-state index contributed by atoms with van der Waals surface area (Å²) < 4.78 is 45.4. The van der Waals surface area contributed by atoms with E-state index in [-0.39, 0.29) is 23.1 Å². The predicted molar refractivity (Wildman–Crippen MR) is 162 cm³/mol. The molecule has 3 rings (SSSR count). The molecule has 42 heavy (non-hydrogen) atoms. The molecule has 0 spiro atoms. The number of carbonyl (C=O) groups is 2. The van der Waals surface area contributed by atoms with Crippen LogP contribution in [0.15, 0.2) is 65.6 Å². The number of anilines is 1. The lowest BCUT2D eigenvalue weighted by atomic mass is 10.1. The van der Waals surface area contributed by atoms with Gasteiger partial charge in [-0.25, -0.2) is 8.42 Å². The molecule has 11 heteroatoms. The van der Waals surface area contributed by atoms with Crippen LogP contribution < -0.4 is 23.8 Å². The van der Waals surface area contributed by atoms with Crippen LogP contribution in [0.2, 0.25) is 0 Å². The van der Waals surface area contributed by atoms with E-state index in [1.165, 1.54) is 37.3 Å². The first kappa shape index (κ1) is 32.3. The number of rotatable bonds is 13. The van der Waals surface area contributed by atoms with Crippen molar-refractivity contribution >= 4 is 27.5 Å². The van der Waals surface area contributed by atoms with Crippen LogP contribution >= 0.6 is 0 Å². The van der Waals surface area contributed by atoms with Crippen LogP contribution in [-0.4, -0.2) is 65.6 Å². The van der Waals surface area contributed by atoms with Crippen molar-refractivity contribution in [2.75, 3.05) is 38.7 Å². The molecule has 1 N–H and O–H groups in total. The molecule has 10 nitrogen and oxygen atoms in total. The van der Waals surface area contributed by atoms with Crippen molar-refractivity contribution in [3.05, 3.63) is 77.4 Å². The third kappa shape index (κ3) is 7.52. The number of amides is 2. The third-order valence-corrected chi connectivity index (χ3v) is 8.49. The summed E-state index contributed by atoms with van der Waals surface area (Å²) in [4.78, 5) is 28.3. The lowest BCUT2D eigenvalue weighted by Crippen LogP contribution is -2.51. The highest BCUT2D eigenvalue weighted by Crippen LogP contribution is 2.33. The Labute approximate surface area is 248 Å². The Morgan fingerprint density at radius 3 is 2.14 bits per heavy atom. The molecule has 0 aliphatic rings. The van der Waals surface area contributed by atoms with Gasteiger partial charge in [-0.1, -0.05) is 18.2 Å². The molecule has 226 valence electrons. The fourth-order valence-corrected chi connectivity index (χ4v) is 6.01. The first-order valence-electron chi connectivity index (χ1n) is 13.5. The molecule has 0 aliphatic heterocycles. The average Bonchev–Trinajstić information content (AvgIpc) is 2.97. The van der Waals surface area contributed by atoms with E-state index in [4.69, 9.17) is 14.2 Å². The topological polar surface area (TPSA) is 114 Å². The Balaban J connectivity index is 2.11. The number of nitrogens with one attached hydrogen (secondary N) is 1. The van der Waals surface area contributed by atoms with E-state index in [0.29, 0.717) is 23.7 Å². The van der Waals surface area contributed by atoms with Gasteiger partial charge >= 0.3 is 0 Å². The van der Waals surface area contributed by atoms with Crippen molar-refractivity contribution < 1.29 is 32.2 Å². The highest BCUT2D eigenvalue weighted by Gasteiger charge is 2.33. The normalized spacial score (nSPS) is 11.8. The van der Waals surface area contributed by atoms with Crippen LogP contribution in [0.25, 0.3) is 0 Å². The van der Waals surface area contributed by atoms with Gasteiger partial charge in [-0.05, 0) is 80.8 Å². The van der Waals surface area contributed by atoms with E-state index < -0.39 is 28.5 Å². The summed E-state index contributed by atoms with van der Waals surface area (Å²) in [6, 6.07) is 15.9. The van der Waals surface area contributed by atoms with E-state index in [2.05, 4.69) is 5.32 Å². The number of likely N-dealkylation sites (N-methyl/N-ethyl adjacent to an activating group) is 1. The quantitative estimate of drug-likeness (QED) is 0.316. The first-order valence-corrected chi connectivity index (χ1v) is 14.9. The number of carbonyl (C=O) groups excluding carboxylic acids is 2. The minimum atomic E-state index is -4.28. The highest BCUT2D eigenvalue weighted by atomic mass is 32.2. The van der Waals surface area contributed by atoms with E-state index in [9.17, 15) is 18.0 Å². The first-order chi connectivity index (χ1) is 19.9. The Morgan fingerprint density at radius 1 is 0.881 bits per heavy atom. The zero-order chi connectivity index (χ0) is 31.0. The van der Waals surface area contributed by atoms with Gasteiger partial charge in [-0.3, -0.25) is 13.9 Å². The summed E-state index contributed by atoms with van der Waals surface area (Å²) in [6.45, 7) is 7.01.